The van der Waals surface area contributed by atoms with E-state index in [0.717, 1.165) is 18.3 Å². The van der Waals surface area contributed by atoms with Gasteiger partial charge in [0.1, 0.15) is 0 Å². The predicted octanol–water partition coefficient (Wildman–Crippen LogP) is 8.37. The van der Waals surface area contributed by atoms with Gasteiger partial charge in [0.05, 0.1) is 7.11 Å². The lowest BCUT2D eigenvalue weighted by Crippen LogP contribution is -2.63. The lowest BCUT2D eigenvalue weighted by atomic mass is 9.34. The van der Waals surface area contributed by atoms with Crippen molar-refractivity contribution in [3.8, 4) is 0 Å². The lowest BCUT2D eigenvalue weighted by Gasteiger charge is -2.71. The summed E-state index contributed by atoms with van der Waals surface area (Å²) in [6.45, 7) is 23.9. The summed E-state index contributed by atoms with van der Waals surface area (Å²) in [6, 6.07) is 0. The van der Waals surface area contributed by atoms with Crippen molar-refractivity contribution in [3.05, 3.63) is 24.3 Å². The van der Waals surface area contributed by atoms with E-state index in [1.165, 1.54) is 69.6 Å². The molecule has 4 rings (SSSR count). The van der Waals surface area contributed by atoms with E-state index >= 15 is 0 Å². The van der Waals surface area contributed by atoms with Crippen LogP contribution in [0.2, 0.25) is 0 Å². The van der Waals surface area contributed by atoms with Gasteiger partial charge in [-0.25, -0.2) is 0 Å². The summed E-state index contributed by atoms with van der Waals surface area (Å²) in [6.07, 6.45) is 12.1. The number of carbonyl (C=O) groups is 1. The molecule has 4 aliphatic carbocycles. The molecule has 0 saturated heterocycles. The van der Waals surface area contributed by atoms with Crippen LogP contribution < -0.4 is 0 Å². The second-order valence-corrected chi connectivity index (χ2v) is 13.8. The van der Waals surface area contributed by atoms with E-state index in [1.807, 2.05) is 0 Å². The Morgan fingerprint density at radius 2 is 1.58 bits per heavy atom. The summed E-state index contributed by atoms with van der Waals surface area (Å²) in [5.41, 5.74) is 4.03. The standard InChI is InChI=1S/C31H50O2/c1-20(2)22-12-15-28(5)18-19-30(7)24(27(22)28)10-11-25-29(6,16-14-26(32)33-9)23(21(3)4)13-17-31(25,30)8/h22-25,27H,1,3,10-19H2,2,4-9H3/t22-,23-,24-,25+,27+,28+,29-,30+,31+/m0/s1. The first-order chi connectivity index (χ1) is 15.3. The summed E-state index contributed by atoms with van der Waals surface area (Å²) in [5.74, 6) is 3.38. The van der Waals surface area contributed by atoms with E-state index in [-0.39, 0.29) is 11.4 Å². The van der Waals surface area contributed by atoms with Crippen LogP contribution >= 0.6 is 0 Å². The number of hydrogen-bond acceptors (Lipinski definition) is 2. The van der Waals surface area contributed by atoms with Gasteiger partial charge >= 0.3 is 5.97 Å². The zero-order valence-corrected chi connectivity index (χ0v) is 22.7. The van der Waals surface area contributed by atoms with E-state index in [1.54, 1.807) is 0 Å². The molecule has 0 bridgehead atoms. The molecule has 0 unspecified atom stereocenters. The number of rotatable bonds is 5. The molecule has 0 heterocycles. The summed E-state index contributed by atoms with van der Waals surface area (Å²) in [4.78, 5) is 12.2. The highest BCUT2D eigenvalue weighted by molar-refractivity contribution is 5.69. The van der Waals surface area contributed by atoms with Gasteiger partial charge in [-0.3, -0.25) is 4.79 Å². The molecule has 4 saturated carbocycles. The minimum Gasteiger partial charge on any atom is -0.469 e. The Balaban J connectivity index is 1.73. The normalized spacial score (nSPS) is 48.9. The fourth-order valence-electron chi connectivity index (χ4n) is 10.5. The van der Waals surface area contributed by atoms with Crippen molar-refractivity contribution >= 4 is 5.97 Å². The first kappa shape index (κ1) is 25.1. The van der Waals surface area contributed by atoms with E-state index < -0.39 is 0 Å². The Morgan fingerprint density at radius 3 is 2.18 bits per heavy atom. The zero-order chi connectivity index (χ0) is 24.4. The van der Waals surface area contributed by atoms with Crippen LogP contribution in [0.3, 0.4) is 0 Å². The van der Waals surface area contributed by atoms with Crippen molar-refractivity contribution in [1.29, 1.82) is 0 Å². The Hall–Kier alpha value is -1.05. The quantitative estimate of drug-likeness (QED) is 0.308. The molecule has 4 aliphatic rings. The Kier molecular flexibility index (Phi) is 6.28. The highest BCUT2D eigenvalue weighted by Gasteiger charge is 2.68. The first-order valence-corrected chi connectivity index (χ1v) is 13.7. The fraction of sp³-hybridized carbons (Fsp3) is 0.839. The summed E-state index contributed by atoms with van der Waals surface area (Å²) < 4.78 is 5.07. The van der Waals surface area contributed by atoms with Crippen LogP contribution in [0.1, 0.15) is 106 Å². The van der Waals surface area contributed by atoms with Gasteiger partial charge in [-0.05, 0) is 123 Å². The minimum absolute atomic E-state index is 0.0625. The number of carbonyl (C=O) groups excluding carboxylic acids is 1. The molecule has 0 N–H and O–H groups in total. The molecule has 2 nitrogen and oxygen atoms in total. The summed E-state index contributed by atoms with van der Waals surface area (Å²) in [5, 5.41) is 0. The third kappa shape index (κ3) is 3.51. The highest BCUT2D eigenvalue weighted by atomic mass is 16.5. The molecular weight excluding hydrogens is 404 g/mol. The number of ether oxygens (including phenoxy) is 1. The average Bonchev–Trinajstić information content (AvgIpc) is 3.10. The van der Waals surface area contributed by atoms with Crippen LogP contribution in [-0.2, 0) is 9.53 Å². The van der Waals surface area contributed by atoms with Crippen molar-refractivity contribution in [2.24, 2.45) is 51.2 Å². The molecule has 0 aromatic carbocycles. The average molecular weight is 455 g/mol. The van der Waals surface area contributed by atoms with Crippen LogP contribution in [0, 0.1) is 51.2 Å². The van der Waals surface area contributed by atoms with Crippen LogP contribution in [0.25, 0.3) is 0 Å². The number of fused-ring (bicyclic) bond motifs is 5. The lowest BCUT2D eigenvalue weighted by molar-refractivity contribution is -0.214. The van der Waals surface area contributed by atoms with Crippen molar-refractivity contribution in [2.75, 3.05) is 7.11 Å². The molecule has 0 spiro atoms. The van der Waals surface area contributed by atoms with Crippen LogP contribution in [0.5, 0.6) is 0 Å². The Bertz CT molecular complexity index is 827. The largest absolute Gasteiger partial charge is 0.469 e. The fourth-order valence-corrected chi connectivity index (χ4v) is 10.5. The molecule has 9 atom stereocenters. The van der Waals surface area contributed by atoms with Gasteiger partial charge in [-0.15, -0.1) is 0 Å². The molecule has 33 heavy (non-hydrogen) atoms. The first-order valence-electron chi connectivity index (χ1n) is 13.7. The number of methoxy groups -OCH3 is 1. The van der Waals surface area contributed by atoms with Crippen LogP contribution in [-0.4, -0.2) is 13.1 Å². The molecule has 0 amide bonds. The molecule has 2 heteroatoms. The third-order valence-electron chi connectivity index (χ3n) is 12.4. The van der Waals surface area contributed by atoms with Crippen molar-refractivity contribution in [1.82, 2.24) is 0 Å². The van der Waals surface area contributed by atoms with Crippen LogP contribution in [0.15, 0.2) is 24.3 Å². The third-order valence-corrected chi connectivity index (χ3v) is 12.4. The molecule has 0 aromatic heterocycles. The zero-order valence-electron chi connectivity index (χ0n) is 22.7. The van der Waals surface area contributed by atoms with Gasteiger partial charge in [-0.2, -0.15) is 0 Å². The van der Waals surface area contributed by atoms with Crippen molar-refractivity contribution < 1.29 is 9.53 Å². The topological polar surface area (TPSA) is 26.3 Å². The predicted molar refractivity (Wildman–Crippen MR) is 138 cm³/mol. The van der Waals surface area contributed by atoms with E-state index in [2.05, 4.69) is 54.7 Å². The molecule has 186 valence electrons. The monoisotopic (exact) mass is 454 g/mol. The maximum Gasteiger partial charge on any atom is 0.305 e. The second kappa shape index (κ2) is 8.27. The summed E-state index contributed by atoms with van der Waals surface area (Å²) in [7, 11) is 1.52. The van der Waals surface area contributed by atoms with E-state index in [9.17, 15) is 4.79 Å². The van der Waals surface area contributed by atoms with Gasteiger partial charge in [0.2, 0.25) is 0 Å². The Labute approximate surface area is 204 Å². The highest BCUT2D eigenvalue weighted by Crippen LogP contribution is 2.76. The summed E-state index contributed by atoms with van der Waals surface area (Å²) >= 11 is 0. The smallest absolute Gasteiger partial charge is 0.305 e. The molecule has 4 fully saturated rings. The molecule has 0 aliphatic heterocycles. The minimum atomic E-state index is -0.0625. The van der Waals surface area contributed by atoms with Gasteiger partial charge in [0.15, 0.2) is 0 Å². The van der Waals surface area contributed by atoms with Gasteiger partial charge in [0, 0.05) is 6.42 Å². The van der Waals surface area contributed by atoms with Crippen molar-refractivity contribution in [2.45, 2.75) is 106 Å². The van der Waals surface area contributed by atoms with E-state index in [4.69, 9.17) is 4.74 Å². The number of allylic oxidation sites excluding steroid dienone is 2. The van der Waals surface area contributed by atoms with Gasteiger partial charge in [-0.1, -0.05) is 52.0 Å². The second-order valence-electron chi connectivity index (χ2n) is 13.8. The number of hydrogen-bond donors (Lipinski definition) is 0. The molecule has 0 radical (unpaired) electrons. The van der Waals surface area contributed by atoms with Gasteiger partial charge < -0.3 is 4.74 Å². The maximum atomic E-state index is 12.2. The SMILES string of the molecule is C=C(C)[C@@H]1CC[C@]2(C)CC[C@]3(C)[C@@H](CC[C@@H]4[C@@](C)(CCC(=O)OC)[C@H](C(=C)C)CC[C@]43C)[C@@H]12. The Morgan fingerprint density at radius 1 is 0.879 bits per heavy atom. The maximum absolute atomic E-state index is 12.2. The van der Waals surface area contributed by atoms with E-state index in [0.29, 0.717) is 40.4 Å². The molecular formula is C31H50O2. The van der Waals surface area contributed by atoms with Crippen molar-refractivity contribution in [3.63, 3.8) is 0 Å². The van der Waals surface area contributed by atoms with Crippen LogP contribution in [0.4, 0.5) is 0 Å². The van der Waals surface area contributed by atoms with Gasteiger partial charge in [0.25, 0.3) is 0 Å². The number of esters is 1. The molecule has 0 aromatic rings.